The molecule has 2 atom stereocenters. The van der Waals surface area contributed by atoms with Gasteiger partial charge in [0.2, 0.25) is 0 Å². The van der Waals surface area contributed by atoms with Crippen molar-refractivity contribution in [3.63, 3.8) is 0 Å². The quantitative estimate of drug-likeness (QED) is 0.681. The van der Waals surface area contributed by atoms with E-state index in [1.165, 1.54) is 0 Å². The molecule has 6 N–H and O–H groups in total. The van der Waals surface area contributed by atoms with Crippen LogP contribution in [0.4, 0.5) is 0 Å². The van der Waals surface area contributed by atoms with Crippen molar-refractivity contribution in [1.29, 1.82) is 0 Å². The summed E-state index contributed by atoms with van der Waals surface area (Å²) in [5.41, 5.74) is 18.5. The molecule has 0 aromatic heterocycles. The molecule has 0 aliphatic heterocycles. The molecule has 0 bridgehead atoms. The van der Waals surface area contributed by atoms with Crippen molar-refractivity contribution in [2.45, 2.75) is 0 Å². The maximum absolute atomic E-state index is 6.21. The number of nitrogens with zero attached hydrogens (tertiary/aromatic N) is 4. The fourth-order valence-corrected chi connectivity index (χ4v) is 9.53. The van der Waals surface area contributed by atoms with E-state index in [4.69, 9.17) is 16.5 Å². The van der Waals surface area contributed by atoms with Gasteiger partial charge >= 0.3 is 105 Å². The molecule has 0 radical (unpaired) electrons. The molecule has 106 valence electrons. The van der Waals surface area contributed by atoms with Crippen molar-refractivity contribution in [2.75, 3.05) is 48.2 Å². The summed E-state index contributed by atoms with van der Waals surface area (Å²) in [6.07, 6.45) is 0. The fraction of sp³-hybridized carbons (Fsp3) is 1.00. The summed E-state index contributed by atoms with van der Waals surface area (Å²) >= 11 is 0. The van der Waals surface area contributed by atoms with Gasteiger partial charge in [-0.3, -0.25) is 0 Å². The maximum atomic E-state index is 6.21. The van der Waals surface area contributed by atoms with Crippen molar-refractivity contribution >= 4 is 22.4 Å². The third-order valence-corrected chi connectivity index (χ3v) is 12.1. The zero-order chi connectivity index (χ0) is 14.1. The first kappa shape index (κ1) is 17.7. The predicted molar refractivity (Wildman–Crippen MR) is 84.7 cm³/mol. The molecule has 10 heteroatoms. The number of nitrogens with two attached hydrogens (primary N) is 3. The Morgan fingerprint density at radius 2 is 1.12 bits per heavy atom. The topological polar surface area (TPSA) is 109 Å². The zero-order valence-electron chi connectivity index (χ0n) is 11.9. The van der Waals surface area contributed by atoms with Gasteiger partial charge in [-0.05, 0) is 0 Å². The average molecular weight is 303 g/mol. The van der Waals surface area contributed by atoms with Crippen LogP contribution in [0.2, 0.25) is 0 Å². The molecule has 0 amide bonds. The van der Waals surface area contributed by atoms with Crippen LogP contribution in [-0.4, -0.2) is 57.5 Å². The second-order valence-corrected chi connectivity index (χ2v) is 14.2. The summed E-state index contributed by atoms with van der Waals surface area (Å²) in [5, 5.41) is 0. The van der Waals surface area contributed by atoms with E-state index >= 15 is 0 Å². The van der Waals surface area contributed by atoms with Crippen LogP contribution in [-0.2, 0) is 0 Å². The van der Waals surface area contributed by atoms with Crippen LogP contribution in [0.25, 0.3) is 0 Å². The van der Waals surface area contributed by atoms with Gasteiger partial charge in [-0.2, -0.15) is 0 Å². The normalized spacial score (nSPS) is 20.9. The summed E-state index contributed by atoms with van der Waals surface area (Å²) in [5.74, 6) is 0. The molecule has 0 aromatic rings. The summed E-state index contributed by atoms with van der Waals surface area (Å²) in [7, 11) is 1.03. The number of hydrogen-bond donors (Lipinski definition) is 3. The van der Waals surface area contributed by atoms with E-state index < -0.39 is 22.4 Å². The van der Waals surface area contributed by atoms with Crippen molar-refractivity contribution in [2.24, 2.45) is 25.5 Å². The summed E-state index contributed by atoms with van der Waals surface area (Å²) in [6.45, 7) is 5.71. The zero-order valence-corrected chi connectivity index (χ0v) is 14.7. The number of hydrogen-bond acceptors (Lipinski definition) is 3. The molecule has 0 heterocycles. The van der Waals surface area contributed by atoms with Crippen molar-refractivity contribution in [1.82, 2.24) is 9.34 Å². The third kappa shape index (κ3) is 5.91. The average Bonchev–Trinajstić information content (AvgIpc) is 1.98. The van der Waals surface area contributed by atoms with E-state index in [0.717, 1.165) is 0 Å². The van der Waals surface area contributed by atoms with Crippen LogP contribution in [0.1, 0.15) is 0 Å². The van der Waals surface area contributed by atoms with E-state index in [9.17, 15) is 0 Å². The van der Waals surface area contributed by atoms with E-state index in [1.807, 2.05) is 57.5 Å². The first-order valence-electron chi connectivity index (χ1n) is 5.24. The Balaban J connectivity index is 5.48. The van der Waals surface area contributed by atoms with E-state index in [1.54, 1.807) is 0 Å². The molecule has 0 aromatic carbocycles. The molecule has 7 nitrogen and oxygen atoms in total. The van der Waals surface area contributed by atoms with Crippen LogP contribution >= 0.6 is 22.4 Å². The van der Waals surface area contributed by atoms with Crippen LogP contribution in [0, 0.1) is 0 Å². The van der Waals surface area contributed by atoms with Gasteiger partial charge in [0.25, 0.3) is 0 Å². The monoisotopic (exact) mass is 303 g/mol. The van der Waals surface area contributed by atoms with Gasteiger partial charge in [-0.25, -0.2) is 0 Å². The van der Waals surface area contributed by atoms with Crippen molar-refractivity contribution < 1.29 is 0 Å². The minimum absolute atomic E-state index is 1.87. The van der Waals surface area contributed by atoms with Gasteiger partial charge in [0.15, 0.2) is 0 Å². The second-order valence-electron chi connectivity index (χ2n) is 4.95. The van der Waals surface area contributed by atoms with E-state index in [2.05, 4.69) is 9.03 Å². The Morgan fingerprint density at radius 1 is 0.882 bits per heavy atom. The molecule has 0 saturated heterocycles. The van der Waals surface area contributed by atoms with Crippen LogP contribution in [0.3, 0.4) is 0 Å². The standard InChI is InChI=1S/C7H28N7P3/c1-13(2)16(6,9)11-15(5,8)12-17(7,10)14(3)4/h15H,8-10H2,1-7H3. The van der Waals surface area contributed by atoms with Gasteiger partial charge in [-0.1, -0.05) is 0 Å². The van der Waals surface area contributed by atoms with Gasteiger partial charge in [0.1, 0.15) is 0 Å². The molecular formula is C7H28N7P3. The second kappa shape index (κ2) is 5.77. The summed E-state index contributed by atoms with van der Waals surface area (Å²) < 4.78 is 13.0. The fourth-order valence-electron chi connectivity index (χ4n) is 1.02. The molecular weight excluding hydrogens is 275 g/mol. The van der Waals surface area contributed by atoms with E-state index in [-0.39, 0.29) is 0 Å². The molecule has 0 aliphatic rings. The van der Waals surface area contributed by atoms with Gasteiger partial charge in [0, 0.05) is 0 Å². The van der Waals surface area contributed by atoms with Gasteiger partial charge < -0.3 is 0 Å². The molecule has 0 fully saturated rings. The molecule has 2 unspecified atom stereocenters. The molecule has 0 saturated carbocycles. The van der Waals surface area contributed by atoms with Crippen LogP contribution in [0.5, 0.6) is 0 Å². The first-order chi connectivity index (χ1) is 7.30. The predicted octanol–water partition coefficient (Wildman–Crippen LogP) is 1.43. The number of rotatable bonds is 4. The van der Waals surface area contributed by atoms with Crippen LogP contribution in [0.15, 0.2) is 9.03 Å². The summed E-state index contributed by atoms with van der Waals surface area (Å²) in [4.78, 5) is 0. The Labute approximate surface area is 106 Å². The van der Waals surface area contributed by atoms with Crippen molar-refractivity contribution in [3.05, 3.63) is 0 Å². The van der Waals surface area contributed by atoms with E-state index in [0.29, 0.717) is 0 Å². The molecule has 0 spiro atoms. The summed E-state index contributed by atoms with van der Waals surface area (Å²) in [6, 6.07) is 0. The van der Waals surface area contributed by atoms with Crippen molar-refractivity contribution in [3.8, 4) is 0 Å². The Morgan fingerprint density at radius 3 is 1.29 bits per heavy atom. The third-order valence-electron chi connectivity index (χ3n) is 2.43. The first-order valence-corrected chi connectivity index (χ1v) is 12.1. The minimum atomic E-state index is -2.58. The Kier molecular flexibility index (Phi) is 6.00. The Bertz CT molecular complexity index is 328. The molecule has 0 aliphatic carbocycles. The van der Waals surface area contributed by atoms with Gasteiger partial charge in [-0.15, -0.1) is 0 Å². The Hall–Kier alpha value is 0.690. The molecule has 0 rings (SSSR count). The van der Waals surface area contributed by atoms with Crippen LogP contribution < -0.4 is 16.5 Å². The SMILES string of the molecule is CN(C)P(C)(N)=N[PH](C)(N)N=P(C)(N)N(C)C. The molecule has 17 heavy (non-hydrogen) atoms. The van der Waals surface area contributed by atoms with Gasteiger partial charge in [0.05, 0.1) is 0 Å².